The van der Waals surface area contributed by atoms with Gasteiger partial charge in [0.1, 0.15) is 5.15 Å². The second-order valence-electron chi connectivity index (χ2n) is 4.62. The fraction of sp³-hybridized carbons (Fsp3) is 0.214. The van der Waals surface area contributed by atoms with E-state index in [1.807, 2.05) is 29.2 Å². The minimum absolute atomic E-state index is 0.0221. The molecule has 0 atom stereocenters. The summed E-state index contributed by atoms with van der Waals surface area (Å²) in [7, 11) is 0. The van der Waals surface area contributed by atoms with Crippen LogP contribution >= 0.6 is 11.6 Å². The molecule has 6 heteroatoms. The summed E-state index contributed by atoms with van der Waals surface area (Å²) in [6.45, 7) is 0.700. The van der Waals surface area contributed by atoms with Gasteiger partial charge in [-0.05, 0) is 30.5 Å². The number of rotatable bonds is 2. The number of halogens is 1. The van der Waals surface area contributed by atoms with Crippen molar-refractivity contribution >= 4 is 28.8 Å². The van der Waals surface area contributed by atoms with Crippen molar-refractivity contribution in [3.8, 4) is 0 Å². The van der Waals surface area contributed by atoms with Crippen molar-refractivity contribution in [2.75, 3.05) is 11.4 Å². The second-order valence-corrected chi connectivity index (χ2v) is 5.00. The van der Waals surface area contributed by atoms with Crippen LogP contribution in [0.15, 0.2) is 36.4 Å². The molecular weight excluding hydrogens is 278 g/mol. The second kappa shape index (κ2) is 5.09. The molecule has 1 aromatic heterocycles. The van der Waals surface area contributed by atoms with Crippen LogP contribution in [0.5, 0.6) is 0 Å². The summed E-state index contributed by atoms with van der Waals surface area (Å²) in [4.78, 5) is 16.8. The summed E-state index contributed by atoms with van der Waals surface area (Å²) in [6, 6.07) is 10.7. The third-order valence-corrected chi connectivity index (χ3v) is 3.59. The van der Waals surface area contributed by atoms with Gasteiger partial charge in [0.05, 0.1) is 4.92 Å². The Hall–Kier alpha value is -2.14. The van der Waals surface area contributed by atoms with Gasteiger partial charge in [0.2, 0.25) is 5.82 Å². The number of pyridine rings is 1. The molecule has 102 valence electrons. The van der Waals surface area contributed by atoms with Crippen molar-refractivity contribution in [1.29, 1.82) is 0 Å². The molecule has 1 aliphatic heterocycles. The summed E-state index contributed by atoms with van der Waals surface area (Å²) in [6.07, 6.45) is 1.91. The number of benzene rings is 1. The lowest BCUT2D eigenvalue weighted by atomic mass is 10.0. The molecule has 0 unspecified atom stereocenters. The topological polar surface area (TPSA) is 59.3 Å². The predicted octanol–water partition coefficient (Wildman–Crippen LogP) is 3.73. The van der Waals surface area contributed by atoms with E-state index in [9.17, 15) is 10.1 Å². The first kappa shape index (κ1) is 12.9. The van der Waals surface area contributed by atoms with E-state index in [0.717, 1.165) is 18.5 Å². The SMILES string of the molecule is O=[N+]([O-])c1ccc(Cl)nc1N1CCCc2ccccc21. The third-order valence-electron chi connectivity index (χ3n) is 3.38. The van der Waals surface area contributed by atoms with Crippen molar-refractivity contribution < 1.29 is 4.92 Å². The van der Waals surface area contributed by atoms with E-state index in [2.05, 4.69) is 4.98 Å². The molecule has 0 N–H and O–H groups in total. The smallest absolute Gasteiger partial charge is 0.312 e. The number of hydrogen-bond donors (Lipinski definition) is 0. The molecule has 0 bridgehead atoms. The molecule has 3 rings (SSSR count). The summed E-state index contributed by atoms with van der Waals surface area (Å²) in [5, 5.41) is 11.4. The summed E-state index contributed by atoms with van der Waals surface area (Å²) in [5.41, 5.74) is 2.12. The minimum Gasteiger partial charge on any atom is -0.320 e. The Morgan fingerprint density at radius 3 is 2.85 bits per heavy atom. The van der Waals surface area contributed by atoms with Crippen LogP contribution in [0.3, 0.4) is 0 Å². The number of para-hydroxylation sites is 1. The predicted molar refractivity (Wildman–Crippen MR) is 77.7 cm³/mol. The maximum absolute atomic E-state index is 11.2. The average molecular weight is 290 g/mol. The zero-order valence-electron chi connectivity index (χ0n) is 10.6. The van der Waals surface area contributed by atoms with Crippen LogP contribution in [-0.2, 0) is 6.42 Å². The molecule has 0 radical (unpaired) electrons. The number of aryl methyl sites for hydroxylation is 1. The van der Waals surface area contributed by atoms with E-state index in [4.69, 9.17) is 11.6 Å². The average Bonchev–Trinajstić information content (AvgIpc) is 2.46. The normalized spacial score (nSPS) is 13.9. The highest BCUT2D eigenvalue weighted by Gasteiger charge is 2.26. The van der Waals surface area contributed by atoms with E-state index in [0.29, 0.717) is 12.4 Å². The number of nitro groups is 1. The van der Waals surface area contributed by atoms with Gasteiger partial charge in [-0.3, -0.25) is 10.1 Å². The van der Waals surface area contributed by atoms with Gasteiger partial charge in [0.25, 0.3) is 0 Å². The lowest BCUT2D eigenvalue weighted by Gasteiger charge is -2.29. The molecule has 1 aromatic carbocycles. The van der Waals surface area contributed by atoms with Gasteiger partial charge in [-0.25, -0.2) is 4.98 Å². The maximum atomic E-state index is 11.2. The van der Waals surface area contributed by atoms with Crippen LogP contribution in [0, 0.1) is 10.1 Å². The Kier molecular flexibility index (Phi) is 3.28. The molecule has 2 aromatic rings. The van der Waals surface area contributed by atoms with E-state index in [1.165, 1.54) is 17.7 Å². The fourth-order valence-corrected chi connectivity index (χ4v) is 2.66. The van der Waals surface area contributed by atoms with Crippen LogP contribution < -0.4 is 4.90 Å². The summed E-state index contributed by atoms with van der Waals surface area (Å²) >= 11 is 5.91. The van der Waals surface area contributed by atoms with Gasteiger partial charge >= 0.3 is 5.69 Å². The molecule has 0 aliphatic carbocycles. The zero-order chi connectivity index (χ0) is 14.1. The molecule has 0 fully saturated rings. The first-order chi connectivity index (χ1) is 9.66. The van der Waals surface area contributed by atoms with Crippen LogP contribution in [0.2, 0.25) is 5.15 Å². The minimum atomic E-state index is -0.421. The molecule has 0 saturated carbocycles. The van der Waals surface area contributed by atoms with Crippen LogP contribution in [-0.4, -0.2) is 16.5 Å². The Morgan fingerprint density at radius 2 is 2.05 bits per heavy atom. The van der Waals surface area contributed by atoms with Gasteiger partial charge in [-0.1, -0.05) is 29.8 Å². The number of anilines is 2. The molecule has 20 heavy (non-hydrogen) atoms. The standard InChI is InChI=1S/C14H12ClN3O2/c15-13-8-7-12(18(19)20)14(16-13)17-9-3-5-10-4-1-2-6-11(10)17/h1-2,4,6-8H,3,5,9H2. The highest BCUT2D eigenvalue weighted by Crippen LogP contribution is 2.37. The van der Waals surface area contributed by atoms with E-state index < -0.39 is 4.92 Å². The Morgan fingerprint density at radius 1 is 1.25 bits per heavy atom. The van der Waals surface area contributed by atoms with Crippen molar-refractivity contribution in [2.45, 2.75) is 12.8 Å². The van der Waals surface area contributed by atoms with Gasteiger partial charge < -0.3 is 4.90 Å². The molecule has 0 spiro atoms. The van der Waals surface area contributed by atoms with Crippen LogP contribution in [0.25, 0.3) is 0 Å². The maximum Gasteiger partial charge on any atom is 0.312 e. The number of nitrogens with zero attached hydrogens (tertiary/aromatic N) is 3. The summed E-state index contributed by atoms with van der Waals surface area (Å²) < 4.78 is 0. The lowest BCUT2D eigenvalue weighted by Crippen LogP contribution is -2.26. The molecule has 5 nitrogen and oxygen atoms in total. The number of aromatic nitrogens is 1. The molecule has 0 saturated heterocycles. The van der Waals surface area contributed by atoms with Crippen molar-refractivity contribution in [3.05, 3.63) is 57.2 Å². The Bertz CT molecular complexity index is 675. The first-order valence-electron chi connectivity index (χ1n) is 6.33. The van der Waals surface area contributed by atoms with Crippen molar-refractivity contribution in [1.82, 2.24) is 4.98 Å². The van der Waals surface area contributed by atoms with Gasteiger partial charge in [0, 0.05) is 18.3 Å². The van der Waals surface area contributed by atoms with Crippen molar-refractivity contribution in [2.24, 2.45) is 0 Å². The Balaban J connectivity index is 2.15. The van der Waals surface area contributed by atoms with E-state index in [-0.39, 0.29) is 10.8 Å². The quantitative estimate of drug-likeness (QED) is 0.480. The fourth-order valence-electron chi connectivity index (χ4n) is 2.51. The Labute approximate surface area is 121 Å². The lowest BCUT2D eigenvalue weighted by molar-refractivity contribution is -0.384. The highest BCUT2D eigenvalue weighted by atomic mass is 35.5. The first-order valence-corrected chi connectivity index (χ1v) is 6.71. The third kappa shape index (κ3) is 2.20. The van der Waals surface area contributed by atoms with Gasteiger partial charge in [-0.2, -0.15) is 0 Å². The van der Waals surface area contributed by atoms with Crippen LogP contribution in [0.4, 0.5) is 17.2 Å². The van der Waals surface area contributed by atoms with Crippen molar-refractivity contribution in [3.63, 3.8) is 0 Å². The van der Waals surface area contributed by atoms with Gasteiger partial charge in [-0.15, -0.1) is 0 Å². The summed E-state index contributed by atoms with van der Waals surface area (Å²) in [5.74, 6) is 0.314. The molecule has 1 aliphatic rings. The molecular formula is C14H12ClN3O2. The highest BCUT2D eigenvalue weighted by molar-refractivity contribution is 6.29. The number of hydrogen-bond acceptors (Lipinski definition) is 4. The zero-order valence-corrected chi connectivity index (χ0v) is 11.4. The largest absolute Gasteiger partial charge is 0.320 e. The molecule has 2 heterocycles. The number of fused-ring (bicyclic) bond motifs is 1. The van der Waals surface area contributed by atoms with Gasteiger partial charge in [0.15, 0.2) is 0 Å². The molecule has 0 amide bonds. The van der Waals surface area contributed by atoms with E-state index in [1.54, 1.807) is 0 Å². The monoisotopic (exact) mass is 289 g/mol. The van der Waals surface area contributed by atoms with Crippen LogP contribution in [0.1, 0.15) is 12.0 Å². The van der Waals surface area contributed by atoms with E-state index >= 15 is 0 Å².